The number of aromatic nitrogens is 4. The minimum Gasteiger partial charge on any atom is -0.480 e. The molecule has 212 valence electrons. The van der Waals surface area contributed by atoms with Crippen molar-refractivity contribution in [2.45, 2.75) is 25.7 Å². The lowest BCUT2D eigenvalue weighted by molar-refractivity contribution is 0.0411. The number of likely N-dealkylation sites (tertiary alicyclic amines) is 1. The highest BCUT2D eigenvalue weighted by molar-refractivity contribution is 5.95. The van der Waals surface area contributed by atoms with E-state index in [2.05, 4.69) is 39.3 Å². The van der Waals surface area contributed by atoms with Crippen LogP contribution in [0.1, 0.15) is 29.9 Å². The lowest BCUT2D eigenvalue weighted by Crippen LogP contribution is -2.50. The number of aromatic amines is 1. The number of nitrogens with one attached hydrogen (secondary N) is 2. The summed E-state index contributed by atoms with van der Waals surface area (Å²) in [5.41, 5.74) is 4.15. The first-order valence-corrected chi connectivity index (χ1v) is 13.9. The van der Waals surface area contributed by atoms with Gasteiger partial charge in [0, 0.05) is 38.1 Å². The van der Waals surface area contributed by atoms with Gasteiger partial charge in [-0.2, -0.15) is 0 Å². The number of amides is 2. The van der Waals surface area contributed by atoms with E-state index in [1.807, 2.05) is 28.0 Å². The third kappa shape index (κ3) is 5.58. The van der Waals surface area contributed by atoms with Gasteiger partial charge in [-0.3, -0.25) is 9.78 Å². The normalized spacial score (nSPS) is 16.1. The van der Waals surface area contributed by atoms with Gasteiger partial charge in [0.25, 0.3) is 5.56 Å². The van der Waals surface area contributed by atoms with E-state index in [1.54, 1.807) is 12.4 Å². The fourth-order valence-electron chi connectivity index (χ4n) is 5.69. The molecular formula is C30H33N7O4. The van der Waals surface area contributed by atoms with Crippen LogP contribution < -0.4 is 15.6 Å². The number of piperidine rings is 1. The molecule has 1 aromatic carbocycles. The summed E-state index contributed by atoms with van der Waals surface area (Å²) in [6.07, 6.45) is 6.62. The quantitative estimate of drug-likeness (QED) is 0.378. The summed E-state index contributed by atoms with van der Waals surface area (Å²) < 4.78 is 10.6. The zero-order valence-corrected chi connectivity index (χ0v) is 23.2. The molecule has 4 aromatic rings. The number of hydrogen-bond acceptors (Lipinski definition) is 8. The van der Waals surface area contributed by atoms with E-state index in [9.17, 15) is 9.59 Å². The summed E-state index contributed by atoms with van der Waals surface area (Å²) in [5.74, 6) is 1.20. The first-order valence-electron chi connectivity index (χ1n) is 13.9. The number of pyridine rings is 2. The number of carbonyl (C=O) groups excluding carboxylic acids is 1. The van der Waals surface area contributed by atoms with E-state index < -0.39 is 0 Å². The van der Waals surface area contributed by atoms with Gasteiger partial charge in [0.15, 0.2) is 0 Å². The smallest absolute Gasteiger partial charge is 0.320 e. The predicted molar refractivity (Wildman–Crippen MR) is 156 cm³/mol. The van der Waals surface area contributed by atoms with Crippen molar-refractivity contribution < 1.29 is 14.3 Å². The Morgan fingerprint density at radius 3 is 2.56 bits per heavy atom. The molecular weight excluding hydrogens is 522 g/mol. The maximum absolute atomic E-state index is 12.9. The number of fused-ring (bicyclic) bond motifs is 1. The molecule has 0 bridgehead atoms. The Balaban J connectivity index is 1.22. The second-order valence-corrected chi connectivity index (χ2v) is 10.4. The van der Waals surface area contributed by atoms with Crippen LogP contribution in [0.3, 0.4) is 0 Å². The average Bonchev–Trinajstić information content (AvgIpc) is 3.01. The van der Waals surface area contributed by atoms with Crippen LogP contribution in [-0.2, 0) is 4.74 Å². The molecule has 11 nitrogen and oxygen atoms in total. The van der Waals surface area contributed by atoms with Gasteiger partial charge in [0.05, 0.1) is 43.8 Å². The van der Waals surface area contributed by atoms with Crippen molar-refractivity contribution in [2.24, 2.45) is 0 Å². The summed E-state index contributed by atoms with van der Waals surface area (Å²) in [6.45, 7) is 6.16. The molecule has 0 spiro atoms. The standard InChI is InChI=1S/C30H33N7O4/c1-19-15-22(3-4-23(19)20-6-9-36(10-7-20)30(39)37-11-13-41-14-12-37)33-28-27-21(5-8-32-29(27)38)16-24(35-28)25-17-31-18-26(34-25)40-2/h3-5,8,15-18,20H,6-7,9-14H2,1-2H3,(H,32,38)(H,33,35). The first kappa shape index (κ1) is 26.7. The first-order chi connectivity index (χ1) is 20.0. The van der Waals surface area contributed by atoms with Gasteiger partial charge >= 0.3 is 6.03 Å². The third-order valence-electron chi connectivity index (χ3n) is 7.86. The molecule has 2 aliphatic heterocycles. The molecule has 2 fully saturated rings. The Morgan fingerprint density at radius 1 is 1.02 bits per heavy atom. The predicted octanol–water partition coefficient (Wildman–Crippen LogP) is 4.07. The van der Waals surface area contributed by atoms with Crippen molar-refractivity contribution in [3.05, 3.63) is 70.4 Å². The summed E-state index contributed by atoms with van der Waals surface area (Å²) in [4.78, 5) is 45.8. The highest BCUT2D eigenvalue weighted by Crippen LogP contribution is 2.33. The van der Waals surface area contributed by atoms with Gasteiger partial charge in [-0.15, -0.1) is 0 Å². The fourth-order valence-corrected chi connectivity index (χ4v) is 5.69. The van der Waals surface area contributed by atoms with E-state index >= 15 is 0 Å². The van der Waals surface area contributed by atoms with Crippen LogP contribution in [0, 0.1) is 6.92 Å². The van der Waals surface area contributed by atoms with Crippen molar-refractivity contribution in [3.8, 4) is 17.3 Å². The van der Waals surface area contributed by atoms with E-state index in [0.717, 1.165) is 42.6 Å². The highest BCUT2D eigenvalue weighted by Gasteiger charge is 2.28. The largest absolute Gasteiger partial charge is 0.480 e. The number of carbonyl (C=O) groups is 1. The van der Waals surface area contributed by atoms with Gasteiger partial charge < -0.3 is 29.6 Å². The lowest BCUT2D eigenvalue weighted by Gasteiger charge is -2.37. The number of nitrogens with zero attached hydrogens (tertiary/aromatic N) is 5. The Morgan fingerprint density at radius 2 is 1.80 bits per heavy atom. The Labute approximate surface area is 237 Å². The molecule has 2 saturated heterocycles. The molecule has 0 unspecified atom stereocenters. The molecule has 0 radical (unpaired) electrons. The second-order valence-electron chi connectivity index (χ2n) is 10.4. The molecule has 5 heterocycles. The third-order valence-corrected chi connectivity index (χ3v) is 7.86. The summed E-state index contributed by atoms with van der Waals surface area (Å²) in [6, 6.07) is 10.0. The molecule has 6 rings (SSSR count). The average molecular weight is 556 g/mol. The van der Waals surface area contributed by atoms with Crippen LogP contribution in [-0.4, -0.2) is 82.3 Å². The number of morpholine rings is 1. The molecule has 41 heavy (non-hydrogen) atoms. The topological polar surface area (TPSA) is 126 Å². The number of ether oxygens (including phenoxy) is 2. The van der Waals surface area contributed by atoms with Crippen LogP contribution in [0.2, 0.25) is 0 Å². The van der Waals surface area contributed by atoms with Crippen LogP contribution in [0.5, 0.6) is 5.88 Å². The molecule has 3 aromatic heterocycles. The van der Waals surface area contributed by atoms with Crippen molar-refractivity contribution >= 4 is 28.3 Å². The fraction of sp³-hybridized carbons (Fsp3) is 0.367. The molecule has 0 aliphatic carbocycles. The van der Waals surface area contributed by atoms with Crippen molar-refractivity contribution in [1.82, 2.24) is 29.7 Å². The molecule has 0 saturated carbocycles. The number of hydrogen-bond donors (Lipinski definition) is 2. The van der Waals surface area contributed by atoms with Crippen LogP contribution in [0.4, 0.5) is 16.3 Å². The lowest BCUT2D eigenvalue weighted by atomic mass is 9.86. The number of H-pyrrole nitrogens is 1. The number of rotatable bonds is 5. The molecule has 2 N–H and O–H groups in total. The molecule has 2 aliphatic rings. The number of urea groups is 1. The number of methoxy groups -OCH3 is 1. The van der Waals surface area contributed by atoms with Crippen molar-refractivity contribution in [1.29, 1.82) is 0 Å². The van der Waals surface area contributed by atoms with Gasteiger partial charge in [-0.05, 0) is 66.5 Å². The van der Waals surface area contributed by atoms with Crippen LogP contribution in [0.15, 0.2) is 53.7 Å². The SMILES string of the molecule is COc1cncc(-c2cc3cc[nH]c(=O)c3c(Nc3ccc(C4CCN(C(=O)N5CCOCC5)CC4)c(C)c3)n2)n1. The number of benzene rings is 1. The summed E-state index contributed by atoms with van der Waals surface area (Å²) in [5, 5.41) is 4.57. The maximum Gasteiger partial charge on any atom is 0.320 e. The highest BCUT2D eigenvalue weighted by atomic mass is 16.5. The number of aryl methyl sites for hydroxylation is 1. The van der Waals surface area contributed by atoms with Crippen LogP contribution >= 0.6 is 0 Å². The monoisotopic (exact) mass is 555 g/mol. The van der Waals surface area contributed by atoms with E-state index in [0.29, 0.717) is 60.7 Å². The zero-order chi connectivity index (χ0) is 28.3. The van der Waals surface area contributed by atoms with E-state index in [-0.39, 0.29) is 11.6 Å². The van der Waals surface area contributed by atoms with Crippen molar-refractivity contribution in [2.75, 3.05) is 51.8 Å². The van der Waals surface area contributed by atoms with Gasteiger partial charge in [0.2, 0.25) is 5.88 Å². The summed E-state index contributed by atoms with van der Waals surface area (Å²) in [7, 11) is 1.54. The van der Waals surface area contributed by atoms with Gasteiger partial charge in [-0.25, -0.2) is 14.8 Å². The molecule has 2 amide bonds. The minimum absolute atomic E-state index is 0.125. The van der Waals surface area contributed by atoms with Gasteiger partial charge in [0.1, 0.15) is 11.5 Å². The number of anilines is 2. The Hall–Kier alpha value is -4.51. The Kier molecular flexibility index (Phi) is 7.51. The van der Waals surface area contributed by atoms with Crippen LogP contribution in [0.25, 0.3) is 22.2 Å². The van der Waals surface area contributed by atoms with E-state index in [1.165, 1.54) is 18.9 Å². The van der Waals surface area contributed by atoms with E-state index in [4.69, 9.17) is 14.5 Å². The molecule has 0 atom stereocenters. The van der Waals surface area contributed by atoms with Crippen molar-refractivity contribution in [3.63, 3.8) is 0 Å². The summed E-state index contributed by atoms with van der Waals surface area (Å²) >= 11 is 0. The Bertz CT molecular complexity index is 1630. The zero-order valence-electron chi connectivity index (χ0n) is 23.2. The molecule has 11 heteroatoms. The van der Waals surface area contributed by atoms with Gasteiger partial charge in [-0.1, -0.05) is 6.07 Å². The minimum atomic E-state index is -0.229. The second kappa shape index (κ2) is 11.5. The maximum atomic E-state index is 12.9.